The molecular weight excluding hydrogens is 164 g/mol. The minimum atomic E-state index is -0.700. The van der Waals surface area contributed by atoms with E-state index in [4.69, 9.17) is 0 Å². The van der Waals surface area contributed by atoms with E-state index in [1.165, 1.54) is 6.42 Å². The molecule has 1 aliphatic rings. The molecule has 0 aromatic carbocycles. The first kappa shape index (κ1) is 10.7. The Hall–Kier alpha value is -0.370. The quantitative estimate of drug-likeness (QED) is 0.682. The van der Waals surface area contributed by atoms with Crippen molar-refractivity contribution in [1.29, 1.82) is 0 Å². The highest BCUT2D eigenvalue weighted by atomic mass is 16.3. The summed E-state index contributed by atoms with van der Waals surface area (Å²) in [5.41, 5.74) is -0.700. The number of carbonyl (C=O) groups is 1. The van der Waals surface area contributed by atoms with E-state index in [1.54, 1.807) is 0 Å². The molecule has 0 saturated heterocycles. The van der Waals surface area contributed by atoms with Crippen LogP contribution in [0.2, 0.25) is 0 Å². The zero-order chi connectivity index (χ0) is 9.90. The zero-order valence-electron chi connectivity index (χ0n) is 8.62. The Bertz CT molecular complexity index is 177. The lowest BCUT2D eigenvalue weighted by Gasteiger charge is -2.41. The number of rotatable bonds is 3. The molecule has 0 spiro atoms. The van der Waals surface area contributed by atoms with Crippen molar-refractivity contribution in [3.05, 3.63) is 0 Å². The Morgan fingerprint density at radius 2 is 2.23 bits per heavy atom. The molecule has 2 nitrogen and oxygen atoms in total. The van der Waals surface area contributed by atoms with Gasteiger partial charge in [-0.05, 0) is 24.7 Å². The molecule has 2 unspecified atom stereocenters. The molecule has 1 aliphatic carbocycles. The average Bonchev–Trinajstić information content (AvgIpc) is 2.04. The third-order valence-electron chi connectivity index (χ3n) is 3.31. The summed E-state index contributed by atoms with van der Waals surface area (Å²) in [5.74, 6) is 0.789. The van der Waals surface area contributed by atoms with E-state index in [2.05, 4.69) is 13.8 Å². The minimum absolute atomic E-state index is 0.312. The minimum Gasteiger partial charge on any atom is -0.389 e. The van der Waals surface area contributed by atoms with Gasteiger partial charge in [0.15, 0.2) is 0 Å². The van der Waals surface area contributed by atoms with Crippen molar-refractivity contribution in [2.75, 3.05) is 0 Å². The fraction of sp³-hybridized carbons (Fsp3) is 0.909. The van der Waals surface area contributed by atoms with Crippen molar-refractivity contribution in [2.45, 2.75) is 51.6 Å². The maximum Gasteiger partial charge on any atom is 0.122 e. The van der Waals surface area contributed by atoms with E-state index in [9.17, 15) is 9.90 Å². The maximum absolute atomic E-state index is 10.5. The molecule has 2 atom stereocenters. The number of hydrogen-bond acceptors (Lipinski definition) is 2. The topological polar surface area (TPSA) is 37.3 Å². The highest BCUT2D eigenvalue weighted by Crippen LogP contribution is 2.39. The van der Waals surface area contributed by atoms with Gasteiger partial charge in [-0.25, -0.2) is 0 Å². The van der Waals surface area contributed by atoms with Crippen LogP contribution < -0.4 is 0 Å². The van der Waals surface area contributed by atoms with Gasteiger partial charge in [-0.1, -0.05) is 26.7 Å². The summed E-state index contributed by atoms with van der Waals surface area (Å²) in [5, 5.41) is 10.3. The molecule has 0 heterocycles. The molecule has 0 aliphatic heterocycles. The second-order valence-corrected chi connectivity index (χ2v) is 4.57. The highest BCUT2D eigenvalue weighted by molar-refractivity contribution is 5.51. The van der Waals surface area contributed by atoms with E-state index in [1.807, 2.05) is 0 Å². The number of aliphatic hydroxyl groups is 1. The van der Waals surface area contributed by atoms with Gasteiger partial charge in [0.05, 0.1) is 5.60 Å². The van der Waals surface area contributed by atoms with Crippen LogP contribution in [0, 0.1) is 11.8 Å². The van der Waals surface area contributed by atoms with Crippen molar-refractivity contribution in [1.82, 2.24) is 0 Å². The lowest BCUT2D eigenvalue weighted by Crippen LogP contribution is -2.43. The van der Waals surface area contributed by atoms with Crippen LogP contribution in [0.3, 0.4) is 0 Å². The molecule has 1 N–H and O–H groups in total. The summed E-state index contributed by atoms with van der Waals surface area (Å²) in [7, 11) is 0. The van der Waals surface area contributed by atoms with Gasteiger partial charge in [0.2, 0.25) is 0 Å². The summed E-state index contributed by atoms with van der Waals surface area (Å²) < 4.78 is 0. The van der Waals surface area contributed by atoms with E-state index < -0.39 is 5.60 Å². The number of carbonyl (C=O) groups excluding carboxylic acids is 1. The van der Waals surface area contributed by atoms with Gasteiger partial charge in [0.25, 0.3) is 0 Å². The Balaban J connectivity index is 2.70. The van der Waals surface area contributed by atoms with Crippen molar-refractivity contribution in [3.63, 3.8) is 0 Å². The molecule has 1 rings (SSSR count). The van der Waals surface area contributed by atoms with Gasteiger partial charge >= 0.3 is 0 Å². The van der Waals surface area contributed by atoms with Gasteiger partial charge in [0.1, 0.15) is 6.29 Å². The maximum atomic E-state index is 10.5. The smallest absolute Gasteiger partial charge is 0.122 e. The van der Waals surface area contributed by atoms with Gasteiger partial charge in [-0.15, -0.1) is 0 Å². The summed E-state index contributed by atoms with van der Waals surface area (Å²) in [6, 6.07) is 0. The summed E-state index contributed by atoms with van der Waals surface area (Å²) in [6.45, 7) is 4.26. The number of hydrogen-bond donors (Lipinski definition) is 1. The SMILES string of the molecule is CC(C)C1CCCCC1(O)CC=O. The molecule has 1 saturated carbocycles. The standard InChI is InChI=1S/C11H20O2/c1-9(2)10-5-3-4-6-11(10,13)7-8-12/h8-10,13H,3-7H2,1-2H3. The third-order valence-corrected chi connectivity index (χ3v) is 3.31. The fourth-order valence-corrected chi connectivity index (χ4v) is 2.60. The van der Waals surface area contributed by atoms with Crippen LogP contribution in [0.15, 0.2) is 0 Å². The molecule has 0 bridgehead atoms. The third kappa shape index (κ3) is 2.31. The zero-order valence-corrected chi connectivity index (χ0v) is 8.62. The van der Waals surface area contributed by atoms with Gasteiger partial charge in [-0.3, -0.25) is 0 Å². The lowest BCUT2D eigenvalue weighted by atomic mass is 9.69. The first-order valence-electron chi connectivity index (χ1n) is 5.26. The molecule has 76 valence electrons. The van der Waals surface area contributed by atoms with Crippen LogP contribution in [0.1, 0.15) is 46.0 Å². The first-order chi connectivity index (χ1) is 6.10. The van der Waals surface area contributed by atoms with Crippen molar-refractivity contribution >= 4 is 6.29 Å². The largest absolute Gasteiger partial charge is 0.389 e. The molecule has 0 aromatic rings. The molecule has 0 amide bonds. The van der Waals surface area contributed by atoms with Crippen LogP contribution in [0.4, 0.5) is 0 Å². The Morgan fingerprint density at radius 1 is 1.54 bits per heavy atom. The predicted octanol–water partition coefficient (Wildman–Crippen LogP) is 2.15. The second-order valence-electron chi connectivity index (χ2n) is 4.57. The van der Waals surface area contributed by atoms with Gasteiger partial charge in [0, 0.05) is 6.42 Å². The molecular formula is C11H20O2. The molecule has 13 heavy (non-hydrogen) atoms. The van der Waals surface area contributed by atoms with Crippen LogP contribution in [0.5, 0.6) is 0 Å². The van der Waals surface area contributed by atoms with Crippen molar-refractivity contribution in [2.24, 2.45) is 11.8 Å². The van der Waals surface area contributed by atoms with Crippen LogP contribution in [0.25, 0.3) is 0 Å². The Kier molecular flexibility index (Phi) is 3.48. The highest BCUT2D eigenvalue weighted by Gasteiger charge is 2.39. The average molecular weight is 184 g/mol. The fourth-order valence-electron chi connectivity index (χ4n) is 2.60. The van der Waals surface area contributed by atoms with E-state index >= 15 is 0 Å². The Labute approximate surface area is 80.3 Å². The molecule has 2 heteroatoms. The van der Waals surface area contributed by atoms with Crippen molar-refractivity contribution < 1.29 is 9.90 Å². The van der Waals surface area contributed by atoms with Gasteiger partial charge < -0.3 is 9.90 Å². The van der Waals surface area contributed by atoms with Crippen LogP contribution in [-0.2, 0) is 4.79 Å². The van der Waals surface area contributed by atoms with E-state index in [-0.39, 0.29) is 0 Å². The lowest BCUT2D eigenvalue weighted by molar-refractivity contribution is -0.119. The normalized spacial score (nSPS) is 34.9. The monoisotopic (exact) mass is 184 g/mol. The predicted molar refractivity (Wildman–Crippen MR) is 52.4 cm³/mol. The van der Waals surface area contributed by atoms with Crippen LogP contribution >= 0.6 is 0 Å². The second kappa shape index (κ2) is 4.23. The van der Waals surface area contributed by atoms with Crippen LogP contribution in [-0.4, -0.2) is 17.0 Å². The van der Waals surface area contributed by atoms with Crippen molar-refractivity contribution in [3.8, 4) is 0 Å². The van der Waals surface area contributed by atoms with Gasteiger partial charge in [-0.2, -0.15) is 0 Å². The number of aldehydes is 1. The van der Waals surface area contributed by atoms with E-state index in [0.29, 0.717) is 18.3 Å². The molecule has 1 fully saturated rings. The molecule has 0 radical (unpaired) electrons. The Morgan fingerprint density at radius 3 is 2.77 bits per heavy atom. The summed E-state index contributed by atoms with van der Waals surface area (Å²) >= 11 is 0. The first-order valence-corrected chi connectivity index (χ1v) is 5.26. The summed E-state index contributed by atoms with van der Waals surface area (Å²) in [4.78, 5) is 10.5. The summed E-state index contributed by atoms with van der Waals surface area (Å²) in [6.07, 6.45) is 5.31. The molecule has 0 aromatic heterocycles. The van der Waals surface area contributed by atoms with E-state index in [0.717, 1.165) is 25.5 Å².